The van der Waals surface area contributed by atoms with Crippen LogP contribution < -0.4 is 10.6 Å². The van der Waals surface area contributed by atoms with Gasteiger partial charge in [0, 0.05) is 28.9 Å². The lowest BCUT2D eigenvalue weighted by atomic mass is 10.1. The van der Waals surface area contributed by atoms with Crippen LogP contribution in [0.3, 0.4) is 0 Å². The predicted octanol–water partition coefficient (Wildman–Crippen LogP) is 4.06. The maximum Gasteiger partial charge on any atom is 0.255 e. The van der Waals surface area contributed by atoms with Crippen molar-refractivity contribution in [2.24, 2.45) is 0 Å². The zero-order chi connectivity index (χ0) is 18.9. The molecular formula is C21H24N2O3. The lowest BCUT2D eigenvalue weighted by Crippen LogP contribution is -2.24. The lowest BCUT2D eigenvalue weighted by molar-refractivity contribution is 0.0950. The molecule has 0 spiro atoms. The van der Waals surface area contributed by atoms with E-state index in [-0.39, 0.29) is 17.6 Å². The highest BCUT2D eigenvalue weighted by atomic mass is 16.2. The van der Waals surface area contributed by atoms with Crippen molar-refractivity contribution < 1.29 is 14.4 Å². The highest BCUT2D eigenvalue weighted by molar-refractivity contribution is 6.05. The molecule has 0 atom stereocenters. The summed E-state index contributed by atoms with van der Waals surface area (Å²) >= 11 is 0. The van der Waals surface area contributed by atoms with Gasteiger partial charge in [-0.05, 0) is 61.9 Å². The van der Waals surface area contributed by atoms with Crippen LogP contribution in [0.4, 0.5) is 5.69 Å². The van der Waals surface area contributed by atoms with Gasteiger partial charge in [-0.25, -0.2) is 0 Å². The first-order chi connectivity index (χ1) is 12.5. The minimum Gasteiger partial charge on any atom is -0.352 e. The van der Waals surface area contributed by atoms with Crippen molar-refractivity contribution in [3.05, 3.63) is 65.2 Å². The van der Waals surface area contributed by atoms with E-state index in [1.165, 1.54) is 6.92 Å². The molecule has 0 fully saturated rings. The number of ketones is 1. The van der Waals surface area contributed by atoms with Crippen molar-refractivity contribution in [3.8, 4) is 0 Å². The van der Waals surface area contributed by atoms with Gasteiger partial charge >= 0.3 is 0 Å². The van der Waals surface area contributed by atoms with Crippen molar-refractivity contribution in [2.45, 2.75) is 33.1 Å². The summed E-state index contributed by atoms with van der Waals surface area (Å²) in [4.78, 5) is 35.6. The molecule has 0 radical (unpaired) electrons. The summed E-state index contributed by atoms with van der Waals surface area (Å²) in [7, 11) is 0. The molecule has 0 saturated carbocycles. The van der Waals surface area contributed by atoms with E-state index in [9.17, 15) is 14.4 Å². The zero-order valence-electron chi connectivity index (χ0n) is 15.2. The van der Waals surface area contributed by atoms with Crippen molar-refractivity contribution in [2.75, 3.05) is 11.9 Å². The highest BCUT2D eigenvalue weighted by Gasteiger charge is 2.09. The Kier molecular flexibility index (Phi) is 7.09. The molecule has 5 nitrogen and oxygen atoms in total. The monoisotopic (exact) mass is 352 g/mol. The summed E-state index contributed by atoms with van der Waals surface area (Å²) in [6, 6.07) is 13.2. The maximum atomic E-state index is 12.3. The van der Waals surface area contributed by atoms with E-state index in [4.69, 9.17) is 0 Å². The summed E-state index contributed by atoms with van der Waals surface area (Å²) < 4.78 is 0. The number of Topliss-reactive ketones (excluding diaryl/α,β-unsaturated/α-hetero) is 1. The maximum absolute atomic E-state index is 12.3. The summed E-state index contributed by atoms with van der Waals surface area (Å²) in [5.74, 6) is -0.421. The highest BCUT2D eigenvalue weighted by Crippen LogP contribution is 2.12. The van der Waals surface area contributed by atoms with Crippen LogP contribution in [0.25, 0.3) is 0 Å². The second-order valence-electron chi connectivity index (χ2n) is 6.13. The number of hydrogen-bond donors (Lipinski definition) is 2. The number of carbonyl (C=O) groups excluding carboxylic acids is 3. The fourth-order valence-electron chi connectivity index (χ4n) is 2.44. The molecule has 0 aliphatic rings. The molecule has 0 aromatic heterocycles. The number of nitrogens with one attached hydrogen (secondary N) is 2. The normalized spacial score (nSPS) is 10.2. The van der Waals surface area contributed by atoms with E-state index in [0.29, 0.717) is 28.9 Å². The van der Waals surface area contributed by atoms with Crippen LogP contribution in [-0.2, 0) is 0 Å². The Morgan fingerprint density at radius 3 is 1.85 bits per heavy atom. The van der Waals surface area contributed by atoms with Gasteiger partial charge in [-0.15, -0.1) is 0 Å². The molecule has 26 heavy (non-hydrogen) atoms. The third-order valence-corrected chi connectivity index (χ3v) is 4.02. The second-order valence-corrected chi connectivity index (χ2v) is 6.13. The van der Waals surface area contributed by atoms with Crippen LogP contribution >= 0.6 is 0 Å². The first kappa shape index (κ1) is 19.4. The van der Waals surface area contributed by atoms with Gasteiger partial charge in [0.25, 0.3) is 11.8 Å². The third kappa shape index (κ3) is 5.55. The molecule has 2 aromatic carbocycles. The molecule has 0 saturated heterocycles. The summed E-state index contributed by atoms with van der Waals surface area (Å²) in [6.07, 6.45) is 3.16. The molecule has 5 heteroatoms. The Morgan fingerprint density at radius 1 is 0.769 bits per heavy atom. The van der Waals surface area contributed by atoms with Gasteiger partial charge in [0.2, 0.25) is 0 Å². The lowest BCUT2D eigenvalue weighted by Gasteiger charge is -2.08. The fraction of sp³-hybridized carbons (Fsp3) is 0.286. The van der Waals surface area contributed by atoms with Crippen LogP contribution in [-0.4, -0.2) is 24.1 Å². The van der Waals surface area contributed by atoms with Gasteiger partial charge in [0.15, 0.2) is 5.78 Å². The minimum atomic E-state index is -0.268. The number of carbonyl (C=O) groups is 3. The van der Waals surface area contributed by atoms with E-state index < -0.39 is 0 Å². The smallest absolute Gasteiger partial charge is 0.255 e. The molecule has 136 valence electrons. The van der Waals surface area contributed by atoms with Crippen LogP contribution in [0.5, 0.6) is 0 Å². The van der Waals surface area contributed by atoms with Gasteiger partial charge in [-0.3, -0.25) is 14.4 Å². The van der Waals surface area contributed by atoms with Crippen LogP contribution in [0.2, 0.25) is 0 Å². The predicted molar refractivity (Wildman–Crippen MR) is 103 cm³/mol. The molecule has 0 aliphatic heterocycles. The molecular weight excluding hydrogens is 328 g/mol. The summed E-state index contributed by atoms with van der Waals surface area (Å²) in [6.45, 7) is 4.27. The zero-order valence-corrected chi connectivity index (χ0v) is 15.2. The van der Waals surface area contributed by atoms with Crippen molar-refractivity contribution >= 4 is 23.3 Å². The number of amides is 2. The Balaban J connectivity index is 1.93. The van der Waals surface area contributed by atoms with Crippen molar-refractivity contribution in [1.82, 2.24) is 5.32 Å². The molecule has 2 N–H and O–H groups in total. The SMILES string of the molecule is CCCCCNC(=O)c1ccc(C(=O)Nc2ccc(C(C)=O)cc2)cc1. The van der Waals surface area contributed by atoms with Crippen LogP contribution in [0, 0.1) is 0 Å². The third-order valence-electron chi connectivity index (χ3n) is 4.02. The van der Waals surface area contributed by atoms with Gasteiger partial charge in [0.1, 0.15) is 0 Å². The largest absolute Gasteiger partial charge is 0.352 e. The molecule has 2 amide bonds. The minimum absolute atomic E-state index is 0.0218. The van der Waals surface area contributed by atoms with E-state index in [0.717, 1.165) is 19.3 Å². The first-order valence-electron chi connectivity index (χ1n) is 8.82. The average molecular weight is 352 g/mol. The Hall–Kier alpha value is -2.95. The molecule has 0 heterocycles. The Morgan fingerprint density at radius 2 is 1.31 bits per heavy atom. The number of benzene rings is 2. The molecule has 2 rings (SSSR count). The van der Waals surface area contributed by atoms with E-state index in [1.54, 1.807) is 48.5 Å². The summed E-state index contributed by atoms with van der Waals surface area (Å²) in [5.41, 5.74) is 2.20. The van der Waals surface area contributed by atoms with E-state index >= 15 is 0 Å². The number of anilines is 1. The van der Waals surface area contributed by atoms with Crippen LogP contribution in [0.1, 0.15) is 64.2 Å². The van der Waals surface area contributed by atoms with Gasteiger partial charge in [0.05, 0.1) is 0 Å². The van der Waals surface area contributed by atoms with Gasteiger partial charge < -0.3 is 10.6 Å². The quantitative estimate of drug-likeness (QED) is 0.556. The number of hydrogen-bond acceptors (Lipinski definition) is 3. The van der Waals surface area contributed by atoms with Gasteiger partial charge in [-0.2, -0.15) is 0 Å². The van der Waals surface area contributed by atoms with Crippen LogP contribution in [0.15, 0.2) is 48.5 Å². The Labute approximate surface area is 153 Å². The average Bonchev–Trinajstić information content (AvgIpc) is 2.65. The van der Waals surface area contributed by atoms with E-state index in [1.807, 2.05) is 0 Å². The molecule has 2 aromatic rings. The standard InChI is InChI=1S/C21H24N2O3/c1-3-4-5-14-22-20(25)17-6-8-18(9-7-17)21(26)23-19-12-10-16(11-13-19)15(2)24/h6-13H,3-5,14H2,1-2H3,(H,22,25)(H,23,26). The molecule has 0 bridgehead atoms. The Bertz CT molecular complexity index is 765. The topological polar surface area (TPSA) is 75.3 Å². The van der Waals surface area contributed by atoms with Crippen molar-refractivity contribution in [3.63, 3.8) is 0 Å². The van der Waals surface area contributed by atoms with Gasteiger partial charge in [-0.1, -0.05) is 19.8 Å². The number of unbranched alkanes of at least 4 members (excludes halogenated alkanes) is 2. The van der Waals surface area contributed by atoms with Crippen molar-refractivity contribution in [1.29, 1.82) is 0 Å². The second kappa shape index (κ2) is 9.51. The van der Waals surface area contributed by atoms with E-state index in [2.05, 4.69) is 17.6 Å². The molecule has 0 unspecified atom stereocenters. The number of rotatable bonds is 8. The molecule has 0 aliphatic carbocycles. The fourth-order valence-corrected chi connectivity index (χ4v) is 2.44. The first-order valence-corrected chi connectivity index (χ1v) is 8.82. The summed E-state index contributed by atoms with van der Waals surface area (Å²) in [5, 5.41) is 5.64.